The number of aromatic nitrogens is 2. The number of fused-ring (bicyclic) bond motifs is 1. The number of imidazole rings is 1. The number of carbonyl (C=O) groups excluding carboxylic acids is 1. The van der Waals surface area contributed by atoms with Gasteiger partial charge in [0.1, 0.15) is 6.04 Å². The molecule has 1 saturated carbocycles. The summed E-state index contributed by atoms with van der Waals surface area (Å²) in [6, 6.07) is 12.5. The molecule has 1 aromatic heterocycles. The van der Waals surface area contributed by atoms with Crippen LogP contribution < -0.4 is 11.4 Å². The molecule has 1 atom stereocenters. The van der Waals surface area contributed by atoms with Crippen molar-refractivity contribution in [3.05, 3.63) is 63.5 Å². The molecule has 27 heavy (non-hydrogen) atoms. The maximum atomic E-state index is 13.1. The molecule has 0 amide bonds. The summed E-state index contributed by atoms with van der Waals surface area (Å²) in [5, 5.41) is 0.612. The molecule has 0 spiro atoms. The zero-order valence-electron chi connectivity index (χ0n) is 14.9. The lowest BCUT2D eigenvalue weighted by Gasteiger charge is -2.10. The Morgan fingerprint density at radius 2 is 1.93 bits per heavy atom. The van der Waals surface area contributed by atoms with E-state index in [1.54, 1.807) is 10.6 Å². The van der Waals surface area contributed by atoms with Crippen LogP contribution in [0.2, 0.25) is 5.02 Å². The van der Waals surface area contributed by atoms with Crippen LogP contribution in [-0.4, -0.2) is 28.3 Å². The molecule has 1 aliphatic rings. The summed E-state index contributed by atoms with van der Waals surface area (Å²) in [6.07, 6.45) is 2.40. The van der Waals surface area contributed by atoms with E-state index in [-0.39, 0.29) is 11.7 Å². The molecule has 140 valence electrons. The van der Waals surface area contributed by atoms with E-state index in [1.807, 2.05) is 41.0 Å². The van der Waals surface area contributed by atoms with Crippen molar-refractivity contribution in [2.45, 2.75) is 31.3 Å². The van der Waals surface area contributed by atoms with E-state index < -0.39 is 12.0 Å². The van der Waals surface area contributed by atoms with Crippen LogP contribution in [0.25, 0.3) is 16.7 Å². The molecular weight excluding hydrogens is 366 g/mol. The molecule has 7 heteroatoms. The third-order valence-corrected chi connectivity index (χ3v) is 5.14. The first-order chi connectivity index (χ1) is 13.0. The van der Waals surface area contributed by atoms with Crippen molar-refractivity contribution in [3.8, 4) is 5.69 Å². The number of methoxy groups -OCH3 is 1. The number of nitrogens with two attached hydrogens (primary N) is 1. The number of hydrogen-bond acceptors (Lipinski definition) is 4. The summed E-state index contributed by atoms with van der Waals surface area (Å²) in [7, 11) is 1.32. The average molecular weight is 386 g/mol. The Kier molecular flexibility index (Phi) is 4.53. The van der Waals surface area contributed by atoms with Gasteiger partial charge >= 0.3 is 11.7 Å². The Balaban J connectivity index is 1.74. The van der Waals surface area contributed by atoms with Crippen molar-refractivity contribution in [1.29, 1.82) is 0 Å². The zero-order valence-corrected chi connectivity index (χ0v) is 15.6. The number of nitrogens with zero attached hydrogens (tertiary/aromatic N) is 2. The van der Waals surface area contributed by atoms with Crippen LogP contribution in [0.4, 0.5) is 0 Å². The van der Waals surface area contributed by atoms with Gasteiger partial charge in [0, 0.05) is 11.1 Å². The first kappa shape index (κ1) is 17.8. The highest BCUT2D eigenvalue weighted by Crippen LogP contribution is 2.37. The molecule has 6 nitrogen and oxygen atoms in total. The third kappa shape index (κ3) is 3.26. The van der Waals surface area contributed by atoms with Crippen LogP contribution in [0.1, 0.15) is 24.4 Å². The van der Waals surface area contributed by atoms with Crippen LogP contribution in [0.15, 0.2) is 47.3 Å². The Labute approximate surface area is 161 Å². The molecule has 0 radical (unpaired) electrons. The van der Waals surface area contributed by atoms with Crippen molar-refractivity contribution in [2.24, 2.45) is 5.73 Å². The molecule has 0 saturated heterocycles. The minimum absolute atomic E-state index is 0.0613. The third-order valence-electron chi connectivity index (χ3n) is 4.90. The smallest absolute Gasteiger partial charge is 0.333 e. The normalized spacial score (nSPS) is 15.1. The number of benzene rings is 2. The Morgan fingerprint density at radius 1 is 1.22 bits per heavy atom. The lowest BCUT2D eigenvalue weighted by atomic mass is 10.1. The second-order valence-electron chi connectivity index (χ2n) is 6.85. The molecule has 1 heterocycles. The summed E-state index contributed by atoms with van der Waals surface area (Å²) in [6.45, 7) is 0. The van der Waals surface area contributed by atoms with Crippen molar-refractivity contribution in [1.82, 2.24) is 9.13 Å². The monoisotopic (exact) mass is 385 g/mol. The summed E-state index contributed by atoms with van der Waals surface area (Å²) in [4.78, 5) is 24.6. The average Bonchev–Trinajstić information content (AvgIpc) is 3.45. The van der Waals surface area contributed by atoms with E-state index in [9.17, 15) is 9.59 Å². The van der Waals surface area contributed by atoms with Gasteiger partial charge in [-0.15, -0.1) is 0 Å². The minimum Gasteiger partial charge on any atom is -0.468 e. The first-order valence-corrected chi connectivity index (χ1v) is 9.22. The molecule has 1 aliphatic carbocycles. The molecule has 1 unspecified atom stereocenters. The Morgan fingerprint density at radius 3 is 2.56 bits per heavy atom. The van der Waals surface area contributed by atoms with Crippen molar-refractivity contribution >= 4 is 28.6 Å². The number of esters is 1. The number of ether oxygens (including phenoxy) is 1. The van der Waals surface area contributed by atoms with Gasteiger partial charge in [-0.25, -0.2) is 4.79 Å². The largest absolute Gasteiger partial charge is 0.468 e. The number of rotatable bonds is 5. The summed E-state index contributed by atoms with van der Waals surface area (Å²) in [5.41, 5.74) is 9.11. The lowest BCUT2D eigenvalue weighted by Crippen LogP contribution is -2.33. The molecule has 0 aliphatic heterocycles. The van der Waals surface area contributed by atoms with Gasteiger partial charge in [0.25, 0.3) is 0 Å². The highest BCUT2D eigenvalue weighted by Gasteiger charge is 2.29. The Bertz CT molecular complexity index is 1060. The van der Waals surface area contributed by atoms with Gasteiger partial charge in [-0.1, -0.05) is 23.7 Å². The molecule has 3 aromatic rings. The predicted octanol–water partition coefficient (Wildman–Crippen LogP) is 2.82. The van der Waals surface area contributed by atoms with Crippen molar-refractivity contribution < 1.29 is 9.53 Å². The summed E-state index contributed by atoms with van der Waals surface area (Å²) >= 11 is 6.16. The van der Waals surface area contributed by atoms with Crippen molar-refractivity contribution in [3.63, 3.8) is 0 Å². The number of halogens is 1. The van der Waals surface area contributed by atoms with Crippen LogP contribution in [0.3, 0.4) is 0 Å². The summed E-state index contributed by atoms with van der Waals surface area (Å²) in [5.74, 6) is -0.445. The minimum atomic E-state index is -0.706. The van der Waals surface area contributed by atoms with Gasteiger partial charge in [-0.2, -0.15) is 0 Å². The maximum Gasteiger partial charge on any atom is 0.333 e. The number of carbonyl (C=O) groups is 1. The van der Waals surface area contributed by atoms with Crippen LogP contribution in [-0.2, 0) is 16.0 Å². The van der Waals surface area contributed by atoms with Gasteiger partial charge in [-0.3, -0.25) is 13.9 Å². The van der Waals surface area contributed by atoms with Gasteiger partial charge in [-0.05, 0) is 55.2 Å². The molecule has 2 N–H and O–H groups in total. The van der Waals surface area contributed by atoms with E-state index in [0.29, 0.717) is 11.4 Å². The van der Waals surface area contributed by atoms with Crippen LogP contribution in [0.5, 0.6) is 0 Å². The van der Waals surface area contributed by atoms with E-state index in [2.05, 4.69) is 4.74 Å². The Hall–Kier alpha value is -2.57. The standard InChI is InChI=1S/C20H20ClN3O3/c1-27-19(25)16(22)10-12-2-5-14(6-3-12)23-17-9-4-13(21)11-18(17)24(20(23)26)15-7-8-15/h2-6,9,11,15-16H,7-8,10,22H2,1H3. The van der Waals surface area contributed by atoms with Crippen molar-refractivity contribution in [2.75, 3.05) is 7.11 Å². The number of hydrogen-bond donors (Lipinski definition) is 1. The second kappa shape index (κ2) is 6.87. The quantitative estimate of drug-likeness (QED) is 0.685. The highest BCUT2D eigenvalue weighted by atomic mass is 35.5. The van der Waals surface area contributed by atoms with E-state index in [0.717, 1.165) is 35.1 Å². The summed E-state index contributed by atoms with van der Waals surface area (Å²) < 4.78 is 8.20. The molecule has 4 rings (SSSR count). The van der Waals surface area contributed by atoms with E-state index in [1.165, 1.54) is 7.11 Å². The first-order valence-electron chi connectivity index (χ1n) is 8.85. The van der Waals surface area contributed by atoms with Crippen LogP contribution in [0, 0.1) is 0 Å². The molecule has 0 bridgehead atoms. The zero-order chi connectivity index (χ0) is 19.1. The van der Waals surface area contributed by atoms with E-state index >= 15 is 0 Å². The van der Waals surface area contributed by atoms with Gasteiger partial charge in [0.15, 0.2) is 0 Å². The predicted molar refractivity (Wildman–Crippen MR) is 105 cm³/mol. The maximum absolute atomic E-state index is 13.1. The molecular formula is C20H20ClN3O3. The SMILES string of the molecule is COC(=O)C(N)Cc1ccc(-n2c(=O)n(C3CC3)c3cc(Cl)ccc32)cc1. The van der Waals surface area contributed by atoms with Gasteiger partial charge in [0.2, 0.25) is 0 Å². The molecule has 2 aromatic carbocycles. The fourth-order valence-electron chi connectivity index (χ4n) is 3.40. The fraction of sp³-hybridized carbons (Fsp3) is 0.300. The van der Waals surface area contributed by atoms with E-state index in [4.69, 9.17) is 17.3 Å². The molecule has 1 fully saturated rings. The van der Waals surface area contributed by atoms with Gasteiger partial charge < -0.3 is 10.5 Å². The van der Waals surface area contributed by atoms with Gasteiger partial charge in [0.05, 0.1) is 23.8 Å². The highest BCUT2D eigenvalue weighted by molar-refractivity contribution is 6.31. The lowest BCUT2D eigenvalue weighted by molar-refractivity contribution is -0.142. The van der Waals surface area contributed by atoms with Crippen LogP contribution >= 0.6 is 11.6 Å². The topological polar surface area (TPSA) is 79.2 Å². The second-order valence-corrected chi connectivity index (χ2v) is 7.29. The fourth-order valence-corrected chi connectivity index (χ4v) is 3.56.